The highest BCUT2D eigenvalue weighted by Gasteiger charge is 2.15. The van der Waals surface area contributed by atoms with Crippen molar-refractivity contribution in [3.63, 3.8) is 0 Å². The van der Waals surface area contributed by atoms with E-state index < -0.39 is 0 Å². The Balaban J connectivity index is 1.88. The first kappa shape index (κ1) is 13.4. The number of fused-ring (bicyclic) bond motifs is 1. The second-order valence-electron chi connectivity index (χ2n) is 4.98. The van der Waals surface area contributed by atoms with E-state index in [9.17, 15) is 0 Å². The minimum absolute atomic E-state index is 0.570. The van der Waals surface area contributed by atoms with Crippen molar-refractivity contribution in [2.45, 2.75) is 0 Å². The highest BCUT2D eigenvalue weighted by Crippen LogP contribution is 2.26. The fraction of sp³-hybridized carbons (Fsp3) is 0.0588. The van der Waals surface area contributed by atoms with Gasteiger partial charge in [0.05, 0.1) is 12.6 Å². The van der Waals surface area contributed by atoms with Crippen molar-refractivity contribution in [2.75, 3.05) is 7.11 Å². The molecule has 112 valence electrons. The molecule has 0 N–H and O–H groups in total. The van der Waals surface area contributed by atoms with E-state index in [2.05, 4.69) is 20.5 Å². The van der Waals surface area contributed by atoms with E-state index >= 15 is 0 Å². The van der Waals surface area contributed by atoms with Gasteiger partial charge in [-0.25, -0.2) is 4.98 Å². The van der Waals surface area contributed by atoms with Crippen molar-refractivity contribution in [2.24, 2.45) is 0 Å². The number of benzene rings is 2. The maximum Gasteiger partial charge on any atom is 0.205 e. The smallest absolute Gasteiger partial charge is 0.205 e. The first-order chi connectivity index (χ1) is 11.4. The van der Waals surface area contributed by atoms with Gasteiger partial charge in [0.2, 0.25) is 5.82 Å². The number of methoxy groups -OCH3 is 1. The third-order valence-electron chi connectivity index (χ3n) is 3.61. The summed E-state index contributed by atoms with van der Waals surface area (Å²) >= 11 is 0. The fourth-order valence-corrected chi connectivity index (χ4v) is 2.50. The average molecular weight is 303 g/mol. The van der Waals surface area contributed by atoms with Crippen molar-refractivity contribution in [3.05, 3.63) is 60.7 Å². The van der Waals surface area contributed by atoms with Gasteiger partial charge in [-0.3, -0.25) is 0 Å². The Labute approximate surface area is 132 Å². The Morgan fingerprint density at radius 3 is 2.65 bits per heavy atom. The van der Waals surface area contributed by atoms with Crippen molar-refractivity contribution >= 4 is 10.9 Å². The molecule has 6 heteroatoms. The summed E-state index contributed by atoms with van der Waals surface area (Å²) in [5, 5.41) is 13.1. The predicted octanol–water partition coefficient (Wildman–Crippen LogP) is 2.89. The molecular formula is C17H13N5O. The fourth-order valence-electron chi connectivity index (χ4n) is 2.50. The lowest BCUT2D eigenvalue weighted by molar-refractivity contribution is 0.411. The van der Waals surface area contributed by atoms with Crippen molar-refractivity contribution in [1.29, 1.82) is 0 Å². The van der Waals surface area contributed by atoms with Crippen LogP contribution in [0.5, 0.6) is 5.75 Å². The molecule has 0 aliphatic rings. The Morgan fingerprint density at radius 1 is 0.913 bits per heavy atom. The standard InChI is InChI=1S/C17H13N5O/c1-23-16-9-5-4-8-15(16)22-17(19-20-21-22)14-11-10-12-6-2-3-7-13(12)18-14/h2-11H,1H3. The predicted molar refractivity (Wildman–Crippen MR) is 86.4 cm³/mol. The molecule has 4 aromatic rings. The third-order valence-corrected chi connectivity index (χ3v) is 3.61. The molecule has 0 atom stereocenters. The second kappa shape index (κ2) is 5.49. The van der Waals surface area contributed by atoms with Gasteiger partial charge in [-0.2, -0.15) is 4.68 Å². The van der Waals surface area contributed by atoms with E-state index in [1.54, 1.807) is 11.8 Å². The Morgan fingerprint density at radius 2 is 1.74 bits per heavy atom. The van der Waals surface area contributed by atoms with E-state index in [0.717, 1.165) is 16.6 Å². The molecule has 0 fully saturated rings. The number of hydrogen-bond acceptors (Lipinski definition) is 5. The van der Waals surface area contributed by atoms with E-state index in [1.807, 2.05) is 60.7 Å². The van der Waals surface area contributed by atoms with Gasteiger partial charge in [0.1, 0.15) is 17.1 Å². The number of aromatic nitrogens is 5. The Kier molecular flexibility index (Phi) is 3.20. The third kappa shape index (κ3) is 2.30. The van der Waals surface area contributed by atoms with Crippen molar-refractivity contribution < 1.29 is 4.74 Å². The largest absolute Gasteiger partial charge is 0.494 e. The van der Waals surface area contributed by atoms with Gasteiger partial charge < -0.3 is 4.74 Å². The van der Waals surface area contributed by atoms with Gasteiger partial charge in [0.25, 0.3) is 0 Å². The van der Waals surface area contributed by atoms with Crippen LogP contribution in [0.2, 0.25) is 0 Å². The Hall–Kier alpha value is -3.28. The summed E-state index contributed by atoms with van der Waals surface area (Å²) in [6, 6.07) is 19.5. The number of rotatable bonds is 3. The zero-order valence-corrected chi connectivity index (χ0v) is 12.4. The second-order valence-corrected chi connectivity index (χ2v) is 4.98. The van der Waals surface area contributed by atoms with Crippen LogP contribution in [-0.4, -0.2) is 32.3 Å². The summed E-state index contributed by atoms with van der Waals surface area (Å²) in [6.07, 6.45) is 0. The maximum atomic E-state index is 5.39. The van der Waals surface area contributed by atoms with E-state index in [4.69, 9.17) is 4.74 Å². The molecule has 0 radical (unpaired) electrons. The SMILES string of the molecule is COc1ccccc1-n1nnnc1-c1ccc2ccccc2n1. The molecule has 2 aromatic carbocycles. The van der Waals surface area contributed by atoms with Gasteiger partial charge in [-0.1, -0.05) is 36.4 Å². The molecular weight excluding hydrogens is 290 g/mol. The molecule has 0 saturated carbocycles. The highest BCUT2D eigenvalue weighted by atomic mass is 16.5. The molecule has 6 nitrogen and oxygen atoms in total. The average Bonchev–Trinajstić information content (AvgIpc) is 3.10. The summed E-state index contributed by atoms with van der Waals surface area (Å²) < 4.78 is 7.03. The van der Waals surface area contributed by atoms with Crippen LogP contribution in [0.25, 0.3) is 28.1 Å². The van der Waals surface area contributed by atoms with Gasteiger partial charge in [-0.05, 0) is 34.7 Å². The zero-order valence-electron chi connectivity index (χ0n) is 12.4. The minimum Gasteiger partial charge on any atom is -0.494 e. The lowest BCUT2D eigenvalue weighted by Gasteiger charge is -2.09. The maximum absolute atomic E-state index is 5.39. The highest BCUT2D eigenvalue weighted by molar-refractivity contribution is 5.80. The minimum atomic E-state index is 0.570. The summed E-state index contributed by atoms with van der Waals surface area (Å²) in [6.45, 7) is 0. The van der Waals surface area contributed by atoms with Crippen LogP contribution >= 0.6 is 0 Å². The van der Waals surface area contributed by atoms with E-state index in [1.165, 1.54) is 0 Å². The number of hydrogen-bond donors (Lipinski definition) is 0. The molecule has 0 unspecified atom stereocenters. The number of tetrazole rings is 1. The summed E-state index contributed by atoms with van der Waals surface area (Å²) in [5.74, 6) is 1.27. The molecule has 0 saturated heterocycles. The van der Waals surface area contributed by atoms with Crippen LogP contribution in [0, 0.1) is 0 Å². The number of ether oxygens (including phenoxy) is 1. The summed E-state index contributed by atoms with van der Waals surface area (Å²) in [7, 11) is 1.62. The molecule has 2 heterocycles. The summed E-state index contributed by atoms with van der Waals surface area (Å²) in [4.78, 5) is 4.66. The van der Waals surface area contributed by atoms with Gasteiger partial charge in [-0.15, -0.1) is 5.10 Å². The quantitative estimate of drug-likeness (QED) is 0.582. The van der Waals surface area contributed by atoms with Crippen molar-refractivity contribution in [1.82, 2.24) is 25.2 Å². The topological polar surface area (TPSA) is 65.7 Å². The van der Waals surface area contributed by atoms with Crippen LogP contribution in [0.3, 0.4) is 0 Å². The lowest BCUT2D eigenvalue weighted by atomic mass is 10.2. The number of pyridine rings is 1. The van der Waals surface area contributed by atoms with Gasteiger partial charge in [0.15, 0.2) is 0 Å². The van der Waals surface area contributed by atoms with Crippen LogP contribution in [0.4, 0.5) is 0 Å². The lowest BCUT2D eigenvalue weighted by Crippen LogP contribution is -2.03. The number of nitrogens with zero attached hydrogens (tertiary/aromatic N) is 5. The molecule has 4 rings (SSSR count). The molecule has 0 bridgehead atoms. The van der Waals surface area contributed by atoms with Crippen LogP contribution in [0.15, 0.2) is 60.7 Å². The van der Waals surface area contributed by atoms with Crippen molar-refractivity contribution in [3.8, 4) is 23.0 Å². The van der Waals surface area contributed by atoms with Gasteiger partial charge >= 0.3 is 0 Å². The summed E-state index contributed by atoms with van der Waals surface area (Å²) in [5.41, 5.74) is 2.38. The first-order valence-corrected chi connectivity index (χ1v) is 7.15. The molecule has 0 amide bonds. The molecule has 2 aromatic heterocycles. The molecule has 0 aliphatic carbocycles. The molecule has 0 aliphatic heterocycles. The molecule has 0 spiro atoms. The molecule has 23 heavy (non-hydrogen) atoms. The Bertz CT molecular complexity index is 979. The van der Waals surface area contributed by atoms with Gasteiger partial charge in [0, 0.05) is 5.39 Å². The number of para-hydroxylation sites is 3. The van der Waals surface area contributed by atoms with E-state index in [0.29, 0.717) is 17.3 Å². The monoisotopic (exact) mass is 303 g/mol. The van der Waals surface area contributed by atoms with Crippen LogP contribution in [-0.2, 0) is 0 Å². The van der Waals surface area contributed by atoms with E-state index in [-0.39, 0.29) is 0 Å². The first-order valence-electron chi connectivity index (χ1n) is 7.15. The van der Waals surface area contributed by atoms with Crippen LogP contribution in [0.1, 0.15) is 0 Å². The van der Waals surface area contributed by atoms with Crippen LogP contribution < -0.4 is 4.74 Å². The zero-order chi connectivity index (χ0) is 15.6. The normalized spacial score (nSPS) is 10.8.